The SMILES string of the molecule is Cc1csc(CNCC2(O)CCSCC2)n1. The van der Waals surface area contributed by atoms with Crippen LogP contribution in [-0.4, -0.2) is 33.7 Å². The fraction of sp³-hybridized carbons (Fsp3) is 0.727. The Morgan fingerprint density at radius 3 is 2.88 bits per heavy atom. The Labute approximate surface area is 105 Å². The van der Waals surface area contributed by atoms with Gasteiger partial charge in [0.2, 0.25) is 0 Å². The van der Waals surface area contributed by atoms with Crippen molar-refractivity contribution >= 4 is 23.1 Å². The molecule has 16 heavy (non-hydrogen) atoms. The van der Waals surface area contributed by atoms with Crippen LogP contribution >= 0.6 is 23.1 Å². The lowest BCUT2D eigenvalue weighted by Gasteiger charge is -2.31. The van der Waals surface area contributed by atoms with Crippen molar-refractivity contribution in [2.45, 2.75) is 31.9 Å². The summed E-state index contributed by atoms with van der Waals surface area (Å²) in [6, 6.07) is 0. The summed E-state index contributed by atoms with van der Waals surface area (Å²) in [7, 11) is 0. The van der Waals surface area contributed by atoms with E-state index in [9.17, 15) is 5.11 Å². The molecule has 2 rings (SSSR count). The van der Waals surface area contributed by atoms with Gasteiger partial charge in [0.05, 0.1) is 5.60 Å². The lowest BCUT2D eigenvalue weighted by atomic mass is 9.97. The van der Waals surface area contributed by atoms with E-state index in [2.05, 4.69) is 15.7 Å². The fourth-order valence-corrected chi connectivity index (χ4v) is 3.81. The van der Waals surface area contributed by atoms with Crippen molar-refractivity contribution in [1.29, 1.82) is 0 Å². The fourth-order valence-electron chi connectivity index (χ4n) is 1.81. The van der Waals surface area contributed by atoms with Crippen LogP contribution < -0.4 is 5.32 Å². The average Bonchev–Trinajstić information content (AvgIpc) is 2.65. The van der Waals surface area contributed by atoms with Gasteiger partial charge in [0, 0.05) is 24.2 Å². The lowest BCUT2D eigenvalue weighted by molar-refractivity contribution is 0.0320. The summed E-state index contributed by atoms with van der Waals surface area (Å²) in [6.45, 7) is 3.46. The zero-order valence-electron chi connectivity index (χ0n) is 9.53. The summed E-state index contributed by atoms with van der Waals surface area (Å²) in [5, 5.41) is 16.7. The highest BCUT2D eigenvalue weighted by Crippen LogP contribution is 2.26. The summed E-state index contributed by atoms with van der Waals surface area (Å²) in [6.07, 6.45) is 1.81. The Hall–Kier alpha value is -0.100. The standard InChI is InChI=1S/C11H18N2OS2/c1-9-7-16-10(13-9)6-12-8-11(14)2-4-15-5-3-11/h7,12,14H,2-6,8H2,1H3. The maximum absolute atomic E-state index is 10.3. The van der Waals surface area contributed by atoms with Crippen LogP contribution in [0.2, 0.25) is 0 Å². The molecule has 90 valence electrons. The first-order valence-corrected chi connectivity index (χ1v) is 7.63. The van der Waals surface area contributed by atoms with Crippen LogP contribution in [0.5, 0.6) is 0 Å². The third kappa shape index (κ3) is 3.45. The average molecular weight is 258 g/mol. The predicted molar refractivity (Wildman–Crippen MR) is 70.1 cm³/mol. The van der Waals surface area contributed by atoms with Crippen LogP contribution in [-0.2, 0) is 6.54 Å². The second-order valence-electron chi connectivity index (χ2n) is 4.32. The minimum Gasteiger partial charge on any atom is -0.389 e. The molecule has 0 spiro atoms. The van der Waals surface area contributed by atoms with Crippen LogP contribution in [0.3, 0.4) is 0 Å². The molecule has 1 fully saturated rings. The molecule has 2 N–H and O–H groups in total. The summed E-state index contributed by atoms with van der Waals surface area (Å²) in [5.74, 6) is 2.16. The highest BCUT2D eigenvalue weighted by Gasteiger charge is 2.28. The van der Waals surface area contributed by atoms with E-state index in [1.165, 1.54) is 0 Å². The number of thioether (sulfide) groups is 1. The number of thiazole rings is 1. The second-order valence-corrected chi connectivity index (χ2v) is 6.49. The Bertz CT molecular complexity index is 334. The van der Waals surface area contributed by atoms with Gasteiger partial charge in [-0.3, -0.25) is 0 Å². The number of nitrogens with zero attached hydrogens (tertiary/aromatic N) is 1. The normalized spacial score (nSPS) is 19.9. The molecule has 0 amide bonds. The lowest BCUT2D eigenvalue weighted by Crippen LogP contribution is -2.43. The summed E-state index contributed by atoms with van der Waals surface area (Å²) >= 11 is 3.61. The van der Waals surface area contributed by atoms with E-state index in [0.29, 0.717) is 6.54 Å². The van der Waals surface area contributed by atoms with Gasteiger partial charge in [0.1, 0.15) is 5.01 Å². The van der Waals surface area contributed by atoms with E-state index < -0.39 is 5.60 Å². The molecule has 1 aromatic rings. The minimum atomic E-state index is -0.489. The van der Waals surface area contributed by atoms with Gasteiger partial charge in [-0.05, 0) is 31.3 Å². The summed E-state index contributed by atoms with van der Waals surface area (Å²) < 4.78 is 0. The molecule has 1 aromatic heterocycles. The van der Waals surface area contributed by atoms with E-state index in [4.69, 9.17) is 0 Å². The van der Waals surface area contributed by atoms with Crippen molar-refractivity contribution in [2.75, 3.05) is 18.1 Å². The minimum absolute atomic E-state index is 0.489. The van der Waals surface area contributed by atoms with Crippen molar-refractivity contribution < 1.29 is 5.11 Å². The number of rotatable bonds is 4. The monoisotopic (exact) mass is 258 g/mol. The topological polar surface area (TPSA) is 45.1 Å². The maximum atomic E-state index is 10.3. The van der Waals surface area contributed by atoms with Gasteiger partial charge in [0.15, 0.2) is 0 Å². The molecular formula is C11H18N2OS2. The largest absolute Gasteiger partial charge is 0.389 e. The number of nitrogens with one attached hydrogen (secondary N) is 1. The summed E-state index contributed by atoms with van der Waals surface area (Å²) in [4.78, 5) is 4.39. The third-order valence-electron chi connectivity index (χ3n) is 2.82. The van der Waals surface area contributed by atoms with E-state index in [-0.39, 0.29) is 0 Å². The molecule has 0 saturated carbocycles. The predicted octanol–water partition coefficient (Wildman–Crippen LogP) is 1.80. The van der Waals surface area contributed by atoms with Crippen LogP contribution in [0.25, 0.3) is 0 Å². The van der Waals surface area contributed by atoms with E-state index in [0.717, 1.165) is 41.6 Å². The zero-order valence-corrected chi connectivity index (χ0v) is 11.2. The van der Waals surface area contributed by atoms with Gasteiger partial charge in [-0.15, -0.1) is 11.3 Å². The Balaban J connectivity index is 1.74. The quantitative estimate of drug-likeness (QED) is 0.864. The first-order chi connectivity index (χ1) is 7.68. The first-order valence-electron chi connectivity index (χ1n) is 5.60. The Morgan fingerprint density at radius 2 is 2.25 bits per heavy atom. The molecule has 3 nitrogen and oxygen atoms in total. The van der Waals surface area contributed by atoms with Crippen molar-refractivity contribution in [1.82, 2.24) is 10.3 Å². The number of aryl methyl sites for hydroxylation is 1. The molecule has 0 unspecified atom stereocenters. The molecule has 0 aromatic carbocycles. The van der Waals surface area contributed by atoms with E-state index >= 15 is 0 Å². The Kier molecular flexibility index (Phi) is 4.24. The number of hydrogen-bond acceptors (Lipinski definition) is 5. The molecule has 2 heterocycles. The maximum Gasteiger partial charge on any atom is 0.107 e. The molecule has 5 heteroatoms. The zero-order chi connectivity index (χ0) is 11.4. The molecule has 0 bridgehead atoms. The molecule has 0 aliphatic carbocycles. The highest BCUT2D eigenvalue weighted by atomic mass is 32.2. The van der Waals surface area contributed by atoms with Gasteiger partial charge < -0.3 is 10.4 Å². The molecule has 1 aliphatic heterocycles. The first kappa shape index (κ1) is 12.4. The Morgan fingerprint density at radius 1 is 1.50 bits per heavy atom. The van der Waals surface area contributed by atoms with Gasteiger partial charge >= 0.3 is 0 Å². The highest BCUT2D eigenvalue weighted by molar-refractivity contribution is 7.99. The van der Waals surface area contributed by atoms with Gasteiger partial charge in [0.25, 0.3) is 0 Å². The summed E-state index contributed by atoms with van der Waals surface area (Å²) in [5.41, 5.74) is 0.590. The van der Waals surface area contributed by atoms with Gasteiger partial charge in [-0.1, -0.05) is 0 Å². The van der Waals surface area contributed by atoms with Crippen molar-refractivity contribution in [2.24, 2.45) is 0 Å². The number of hydrogen-bond donors (Lipinski definition) is 2. The van der Waals surface area contributed by atoms with E-state index in [1.54, 1.807) is 11.3 Å². The van der Waals surface area contributed by atoms with Crippen LogP contribution in [0, 0.1) is 6.92 Å². The van der Waals surface area contributed by atoms with Crippen LogP contribution in [0.15, 0.2) is 5.38 Å². The molecule has 1 aliphatic rings. The molecule has 0 atom stereocenters. The molecular weight excluding hydrogens is 240 g/mol. The second kappa shape index (κ2) is 5.49. The van der Waals surface area contributed by atoms with E-state index in [1.807, 2.05) is 18.7 Å². The number of aromatic nitrogens is 1. The van der Waals surface area contributed by atoms with Crippen LogP contribution in [0.4, 0.5) is 0 Å². The van der Waals surface area contributed by atoms with Crippen molar-refractivity contribution in [3.63, 3.8) is 0 Å². The number of aliphatic hydroxyl groups is 1. The van der Waals surface area contributed by atoms with Crippen LogP contribution in [0.1, 0.15) is 23.5 Å². The molecule has 1 saturated heterocycles. The molecule has 0 radical (unpaired) electrons. The van der Waals surface area contributed by atoms with Crippen molar-refractivity contribution in [3.8, 4) is 0 Å². The van der Waals surface area contributed by atoms with Gasteiger partial charge in [-0.2, -0.15) is 11.8 Å². The third-order valence-corrected chi connectivity index (χ3v) is 4.77. The van der Waals surface area contributed by atoms with Gasteiger partial charge in [-0.25, -0.2) is 4.98 Å². The van der Waals surface area contributed by atoms with Crippen molar-refractivity contribution in [3.05, 3.63) is 16.1 Å². The smallest absolute Gasteiger partial charge is 0.107 e.